The zero-order chi connectivity index (χ0) is 19.5. The molecule has 0 bridgehead atoms. The minimum absolute atomic E-state index is 0.0273. The molecule has 5 atom stereocenters. The zero-order valence-electron chi connectivity index (χ0n) is 16.2. The van der Waals surface area contributed by atoms with Crippen LogP contribution < -0.4 is 0 Å². The topological polar surface area (TPSA) is 92.7 Å². The van der Waals surface area contributed by atoms with E-state index in [1.807, 2.05) is 19.1 Å². The average molecular weight is 388 g/mol. The number of rotatable bonds is 12. The van der Waals surface area contributed by atoms with Gasteiger partial charge in [0, 0.05) is 12.8 Å². The van der Waals surface area contributed by atoms with Crippen molar-refractivity contribution in [3.8, 4) is 0 Å². The molecule has 27 heavy (non-hydrogen) atoms. The third kappa shape index (κ3) is 7.48. The van der Waals surface area contributed by atoms with Gasteiger partial charge in [-0.15, -0.1) is 0 Å². The Morgan fingerprint density at radius 2 is 1.89 bits per heavy atom. The fourth-order valence-electron chi connectivity index (χ4n) is 3.23. The van der Waals surface area contributed by atoms with Crippen LogP contribution >= 0.6 is 0 Å². The molecule has 0 aliphatic carbocycles. The summed E-state index contributed by atoms with van der Waals surface area (Å²) in [6.07, 6.45) is 9.73. The lowest BCUT2D eigenvalue weighted by atomic mass is 9.98. The average Bonchev–Trinajstić information content (AvgIpc) is 3.19. The van der Waals surface area contributed by atoms with E-state index in [1.54, 1.807) is 0 Å². The van der Waals surface area contributed by atoms with Crippen molar-refractivity contribution < 1.29 is 39.2 Å². The van der Waals surface area contributed by atoms with Crippen LogP contribution in [-0.4, -0.2) is 48.9 Å². The molecule has 2 rings (SSSR count). The van der Waals surface area contributed by atoms with Gasteiger partial charge in [0.05, 0.1) is 7.11 Å². The Morgan fingerprint density at radius 3 is 2.56 bits per heavy atom. The highest BCUT2D eigenvalue weighted by molar-refractivity contribution is 5.68. The number of ether oxygens (including phenoxy) is 1. The first-order valence-electron chi connectivity index (χ1n) is 9.87. The van der Waals surface area contributed by atoms with Gasteiger partial charge >= 0.3 is 5.97 Å². The molecule has 0 saturated carbocycles. The van der Waals surface area contributed by atoms with E-state index < -0.39 is 6.10 Å². The van der Waals surface area contributed by atoms with Crippen molar-refractivity contribution in [1.82, 2.24) is 0 Å². The molecule has 0 aromatic carbocycles. The van der Waals surface area contributed by atoms with Crippen molar-refractivity contribution in [2.24, 2.45) is 0 Å². The molecule has 2 aliphatic heterocycles. The van der Waals surface area contributed by atoms with E-state index >= 15 is 0 Å². The van der Waals surface area contributed by atoms with Crippen molar-refractivity contribution >= 4 is 5.97 Å². The molecule has 8 nitrogen and oxygen atoms in total. The van der Waals surface area contributed by atoms with Crippen molar-refractivity contribution in [3.63, 3.8) is 0 Å². The summed E-state index contributed by atoms with van der Waals surface area (Å²) in [5, 5.41) is 9.22. The second-order valence-corrected chi connectivity index (χ2v) is 7.02. The van der Waals surface area contributed by atoms with Crippen LogP contribution in [0.2, 0.25) is 0 Å². The molecular weight excluding hydrogens is 356 g/mol. The smallest absolute Gasteiger partial charge is 0.305 e. The maximum atomic E-state index is 11.0. The van der Waals surface area contributed by atoms with Crippen LogP contribution in [0, 0.1) is 0 Å². The minimum atomic E-state index is -0.443. The molecule has 0 aromatic rings. The lowest BCUT2D eigenvalue weighted by Gasteiger charge is -2.24. The molecule has 2 heterocycles. The molecule has 1 N–H and O–H groups in total. The Labute approximate surface area is 160 Å². The van der Waals surface area contributed by atoms with Gasteiger partial charge in [0.25, 0.3) is 0 Å². The van der Waals surface area contributed by atoms with Crippen LogP contribution in [0.1, 0.15) is 64.7 Å². The second kappa shape index (κ2) is 12.4. The third-order valence-electron chi connectivity index (χ3n) is 4.99. The summed E-state index contributed by atoms with van der Waals surface area (Å²) in [6, 6.07) is 0. The van der Waals surface area contributed by atoms with Gasteiger partial charge in [-0.05, 0) is 19.3 Å². The molecule has 0 amide bonds. The number of carbonyl (C=O) groups is 1. The third-order valence-corrected chi connectivity index (χ3v) is 4.99. The quantitative estimate of drug-likeness (QED) is 0.179. The van der Waals surface area contributed by atoms with Crippen LogP contribution in [0.3, 0.4) is 0 Å². The molecule has 2 aliphatic rings. The van der Waals surface area contributed by atoms with E-state index in [9.17, 15) is 10.1 Å². The Kier molecular flexibility index (Phi) is 10.3. The summed E-state index contributed by atoms with van der Waals surface area (Å²) in [5.74, 6) is -0.163. The Balaban J connectivity index is 1.61. The molecule has 5 unspecified atom stereocenters. The second-order valence-electron chi connectivity index (χ2n) is 7.02. The largest absolute Gasteiger partial charge is 0.469 e. The van der Waals surface area contributed by atoms with E-state index in [0.717, 1.165) is 38.5 Å². The van der Waals surface area contributed by atoms with Gasteiger partial charge in [-0.1, -0.05) is 44.8 Å². The lowest BCUT2D eigenvalue weighted by Crippen LogP contribution is -2.33. The molecule has 156 valence electrons. The number of hydrogen-bond donors (Lipinski definition) is 1. The predicted molar refractivity (Wildman–Crippen MR) is 95.4 cm³/mol. The standard InChI is InChI=1S/C19H32O8/c1-3-14-11-12-16(25-24-14)18-13-17(26-27-18)15(23-21)9-7-5-4-6-8-10-19(20)22-2/h11-12,14-18,21H,3-10,13H2,1-2H3. The van der Waals surface area contributed by atoms with Crippen LogP contribution in [0.25, 0.3) is 0 Å². The first kappa shape index (κ1) is 22.3. The van der Waals surface area contributed by atoms with Gasteiger partial charge in [0.1, 0.15) is 30.5 Å². The van der Waals surface area contributed by atoms with Crippen molar-refractivity contribution in [1.29, 1.82) is 0 Å². The molecule has 0 radical (unpaired) electrons. The summed E-state index contributed by atoms with van der Waals surface area (Å²) in [5.41, 5.74) is 0. The van der Waals surface area contributed by atoms with Crippen molar-refractivity contribution in [2.45, 2.75) is 95.2 Å². The van der Waals surface area contributed by atoms with E-state index in [-0.39, 0.29) is 30.4 Å². The minimum Gasteiger partial charge on any atom is -0.469 e. The first-order chi connectivity index (χ1) is 13.2. The molecule has 8 heteroatoms. The molecule has 0 aromatic heterocycles. The van der Waals surface area contributed by atoms with Crippen LogP contribution in [-0.2, 0) is 34.0 Å². The number of methoxy groups -OCH3 is 1. The van der Waals surface area contributed by atoms with Gasteiger partial charge in [0.15, 0.2) is 0 Å². The summed E-state index contributed by atoms with van der Waals surface area (Å²) >= 11 is 0. The maximum absolute atomic E-state index is 11.0. The highest BCUT2D eigenvalue weighted by atomic mass is 17.2. The van der Waals surface area contributed by atoms with Gasteiger partial charge in [0.2, 0.25) is 0 Å². The fraction of sp³-hybridized carbons (Fsp3) is 0.842. The maximum Gasteiger partial charge on any atom is 0.305 e. The summed E-state index contributed by atoms with van der Waals surface area (Å²) < 4.78 is 4.61. The van der Waals surface area contributed by atoms with Crippen LogP contribution in [0.15, 0.2) is 12.2 Å². The van der Waals surface area contributed by atoms with E-state index in [1.165, 1.54) is 7.11 Å². The predicted octanol–water partition coefficient (Wildman–Crippen LogP) is 3.50. The molecule has 1 saturated heterocycles. The molecule has 1 fully saturated rings. The molecular formula is C19H32O8. The monoisotopic (exact) mass is 388 g/mol. The summed E-state index contributed by atoms with van der Waals surface area (Å²) in [7, 11) is 1.41. The highest BCUT2D eigenvalue weighted by Crippen LogP contribution is 2.29. The van der Waals surface area contributed by atoms with Crippen LogP contribution in [0.5, 0.6) is 0 Å². The SMILES string of the molecule is CCC1C=CC(C2CC(C(CCCCCCCC(=O)OC)OO)OO2)OO1. The van der Waals surface area contributed by atoms with Gasteiger partial charge in [-0.3, -0.25) is 10.1 Å². The van der Waals surface area contributed by atoms with Gasteiger partial charge in [-0.2, -0.15) is 0 Å². The van der Waals surface area contributed by atoms with E-state index in [0.29, 0.717) is 19.3 Å². The Bertz CT molecular complexity index is 455. The van der Waals surface area contributed by atoms with Gasteiger partial charge in [-0.25, -0.2) is 24.4 Å². The van der Waals surface area contributed by atoms with Crippen molar-refractivity contribution in [3.05, 3.63) is 12.2 Å². The van der Waals surface area contributed by atoms with Crippen molar-refractivity contribution in [2.75, 3.05) is 7.11 Å². The highest BCUT2D eigenvalue weighted by Gasteiger charge is 2.39. The Hall–Kier alpha value is -1.03. The summed E-state index contributed by atoms with van der Waals surface area (Å²) in [6.45, 7) is 2.02. The fourth-order valence-corrected chi connectivity index (χ4v) is 3.23. The number of esters is 1. The normalized spacial score (nSPS) is 29.0. The Morgan fingerprint density at radius 1 is 1.11 bits per heavy atom. The number of unbranched alkanes of at least 4 members (excludes halogenated alkanes) is 4. The zero-order valence-corrected chi connectivity index (χ0v) is 16.2. The first-order valence-corrected chi connectivity index (χ1v) is 9.87. The van der Waals surface area contributed by atoms with E-state index in [2.05, 4.69) is 9.62 Å². The molecule has 0 spiro atoms. The summed E-state index contributed by atoms with van der Waals surface area (Å²) in [4.78, 5) is 37.0. The number of hydrogen-bond acceptors (Lipinski definition) is 8. The van der Waals surface area contributed by atoms with E-state index in [4.69, 9.17) is 19.6 Å². The van der Waals surface area contributed by atoms with Gasteiger partial charge < -0.3 is 4.74 Å². The number of carbonyl (C=O) groups excluding carboxylic acids is 1. The van der Waals surface area contributed by atoms with Crippen LogP contribution in [0.4, 0.5) is 0 Å². The lowest BCUT2D eigenvalue weighted by molar-refractivity contribution is -0.386.